The molecule has 118 valence electrons. The first-order valence-electron chi connectivity index (χ1n) is 7.16. The van der Waals surface area contributed by atoms with Crippen molar-refractivity contribution in [3.8, 4) is 0 Å². The smallest absolute Gasteiger partial charge is 0.229 e. The third-order valence-corrected chi connectivity index (χ3v) is 9.44. The van der Waals surface area contributed by atoms with Gasteiger partial charge < -0.3 is 0 Å². The van der Waals surface area contributed by atoms with Gasteiger partial charge in [0, 0.05) is 17.0 Å². The molecule has 1 atom stereocenters. The van der Waals surface area contributed by atoms with E-state index in [1.165, 1.54) is 15.6 Å². The first-order valence-corrected chi connectivity index (χ1v) is 11.2. The largest absolute Gasteiger partial charge is 0.253 e. The Labute approximate surface area is 129 Å². The van der Waals surface area contributed by atoms with Crippen molar-refractivity contribution in [3.05, 3.63) is 17.0 Å². The molecule has 0 aromatic carbocycles. The van der Waals surface area contributed by atoms with Gasteiger partial charge in [-0.15, -0.1) is 11.3 Å². The number of sulfonamides is 1. The molecule has 1 aromatic heterocycles. The van der Waals surface area contributed by atoms with Crippen LogP contribution in [0.1, 0.15) is 31.1 Å². The molecule has 1 aliphatic heterocycles. The fourth-order valence-corrected chi connectivity index (χ4v) is 7.89. The summed E-state index contributed by atoms with van der Waals surface area (Å²) in [6, 6.07) is 3.09. The van der Waals surface area contributed by atoms with E-state index in [-0.39, 0.29) is 23.6 Å². The highest BCUT2D eigenvalue weighted by Gasteiger charge is 2.46. The Kier molecular flexibility index (Phi) is 3.92. The molecule has 2 heterocycles. The van der Waals surface area contributed by atoms with E-state index >= 15 is 0 Å². The van der Waals surface area contributed by atoms with Gasteiger partial charge in [0.05, 0.1) is 11.5 Å². The number of nitrogens with zero attached hydrogens (tertiary/aromatic N) is 1. The molecular formula is C13H19NO4S3. The van der Waals surface area contributed by atoms with Crippen LogP contribution < -0.4 is 0 Å². The van der Waals surface area contributed by atoms with E-state index in [2.05, 4.69) is 0 Å². The van der Waals surface area contributed by atoms with Crippen LogP contribution in [0.25, 0.3) is 0 Å². The fraction of sp³-hybridized carbons (Fsp3) is 0.692. The Morgan fingerprint density at radius 3 is 2.43 bits per heavy atom. The molecule has 0 N–H and O–H groups in total. The number of aryl methyl sites for hydroxylation is 1. The fourth-order valence-electron chi connectivity index (χ4n) is 2.79. The van der Waals surface area contributed by atoms with E-state index in [0.29, 0.717) is 10.6 Å². The summed E-state index contributed by atoms with van der Waals surface area (Å²) in [5, 5.41) is 0. The van der Waals surface area contributed by atoms with E-state index in [1.54, 1.807) is 6.07 Å². The minimum absolute atomic E-state index is 0.0134. The number of hydrogen-bond acceptors (Lipinski definition) is 5. The molecule has 1 unspecified atom stereocenters. The average Bonchev–Trinajstić information content (AvgIpc) is 2.98. The molecule has 1 aromatic rings. The number of rotatable bonds is 5. The van der Waals surface area contributed by atoms with Crippen molar-refractivity contribution in [2.75, 3.05) is 11.5 Å². The second-order valence-corrected chi connectivity index (χ2v) is 11.2. The van der Waals surface area contributed by atoms with Gasteiger partial charge >= 0.3 is 0 Å². The van der Waals surface area contributed by atoms with E-state index in [4.69, 9.17) is 0 Å². The summed E-state index contributed by atoms with van der Waals surface area (Å²) < 4.78 is 51.0. The summed E-state index contributed by atoms with van der Waals surface area (Å²) in [4.78, 5) is 1.03. The summed E-state index contributed by atoms with van der Waals surface area (Å²) in [6.07, 6.45) is 2.90. The highest BCUT2D eigenvalue weighted by molar-refractivity contribution is 7.92. The third-order valence-electron chi connectivity index (χ3n) is 3.99. The van der Waals surface area contributed by atoms with Crippen molar-refractivity contribution >= 4 is 31.2 Å². The van der Waals surface area contributed by atoms with E-state index < -0.39 is 19.9 Å². The van der Waals surface area contributed by atoms with Gasteiger partial charge in [0.1, 0.15) is 4.21 Å². The molecule has 1 saturated carbocycles. The van der Waals surface area contributed by atoms with Gasteiger partial charge in [-0.1, -0.05) is 6.92 Å². The van der Waals surface area contributed by atoms with Crippen LogP contribution in [0.15, 0.2) is 16.3 Å². The van der Waals surface area contributed by atoms with Gasteiger partial charge in [-0.3, -0.25) is 0 Å². The standard InChI is InChI=1S/C13H19NO4S3/c1-2-12-5-6-13(19-12)21(17,18)14(10-3-4-10)11-7-8-20(15,16)9-11/h5-6,10-11H,2-4,7-9H2,1H3. The average molecular weight is 349 g/mol. The monoisotopic (exact) mass is 349 g/mol. The highest BCUT2D eigenvalue weighted by Crippen LogP contribution is 2.38. The predicted octanol–water partition coefficient (Wildman–Crippen LogP) is 1.65. The molecule has 21 heavy (non-hydrogen) atoms. The number of hydrogen-bond donors (Lipinski definition) is 0. The van der Waals surface area contributed by atoms with Crippen LogP contribution in [0.3, 0.4) is 0 Å². The van der Waals surface area contributed by atoms with Crippen LogP contribution in [0.5, 0.6) is 0 Å². The Morgan fingerprint density at radius 1 is 1.24 bits per heavy atom. The predicted molar refractivity (Wildman–Crippen MR) is 82.8 cm³/mol. The SMILES string of the molecule is CCc1ccc(S(=O)(=O)N(C2CC2)C2CCS(=O)(=O)C2)s1. The Bertz CT molecular complexity index is 731. The molecule has 2 aliphatic rings. The lowest BCUT2D eigenvalue weighted by Crippen LogP contribution is -2.42. The Hall–Kier alpha value is -0.440. The van der Waals surface area contributed by atoms with Gasteiger partial charge in [-0.2, -0.15) is 4.31 Å². The minimum Gasteiger partial charge on any atom is -0.229 e. The van der Waals surface area contributed by atoms with Crippen molar-refractivity contribution in [2.24, 2.45) is 0 Å². The molecule has 0 spiro atoms. The lowest BCUT2D eigenvalue weighted by Gasteiger charge is -2.26. The molecule has 0 bridgehead atoms. The molecule has 2 fully saturated rings. The zero-order chi connectivity index (χ0) is 15.3. The molecule has 1 aliphatic carbocycles. The van der Waals surface area contributed by atoms with Crippen LogP contribution in [0.4, 0.5) is 0 Å². The second kappa shape index (κ2) is 5.33. The maximum absolute atomic E-state index is 12.9. The van der Waals surface area contributed by atoms with Crippen molar-refractivity contribution < 1.29 is 16.8 Å². The minimum atomic E-state index is -3.57. The van der Waals surface area contributed by atoms with Gasteiger partial charge in [0.15, 0.2) is 9.84 Å². The Morgan fingerprint density at radius 2 is 1.95 bits per heavy atom. The second-order valence-electron chi connectivity index (χ2n) is 5.70. The normalized spacial score (nSPS) is 25.5. The van der Waals surface area contributed by atoms with Crippen molar-refractivity contribution in [2.45, 2.75) is 48.9 Å². The summed E-state index contributed by atoms with van der Waals surface area (Å²) in [5.41, 5.74) is 0. The summed E-state index contributed by atoms with van der Waals surface area (Å²) in [7, 11) is -6.66. The molecule has 1 saturated heterocycles. The van der Waals surface area contributed by atoms with E-state index in [0.717, 1.165) is 24.1 Å². The zero-order valence-electron chi connectivity index (χ0n) is 11.9. The lowest BCUT2D eigenvalue weighted by atomic mass is 10.2. The molecule has 0 amide bonds. The topological polar surface area (TPSA) is 71.5 Å². The van der Waals surface area contributed by atoms with Gasteiger partial charge in [-0.25, -0.2) is 16.8 Å². The number of thiophene rings is 1. The first-order chi connectivity index (χ1) is 9.83. The molecule has 5 nitrogen and oxygen atoms in total. The highest BCUT2D eigenvalue weighted by atomic mass is 32.2. The summed E-state index contributed by atoms with van der Waals surface area (Å²) >= 11 is 1.29. The molecule has 0 radical (unpaired) electrons. The van der Waals surface area contributed by atoms with Gasteiger partial charge in [0.2, 0.25) is 0 Å². The summed E-state index contributed by atoms with van der Waals surface area (Å²) in [6.45, 7) is 1.99. The van der Waals surface area contributed by atoms with Crippen molar-refractivity contribution in [1.82, 2.24) is 4.31 Å². The van der Waals surface area contributed by atoms with Crippen LogP contribution in [0.2, 0.25) is 0 Å². The van der Waals surface area contributed by atoms with Crippen LogP contribution >= 0.6 is 11.3 Å². The maximum Gasteiger partial charge on any atom is 0.253 e. The van der Waals surface area contributed by atoms with Crippen molar-refractivity contribution in [1.29, 1.82) is 0 Å². The molecule has 8 heteroatoms. The van der Waals surface area contributed by atoms with Crippen molar-refractivity contribution in [3.63, 3.8) is 0 Å². The summed E-state index contributed by atoms with van der Waals surface area (Å²) in [5.74, 6) is 0.0653. The molecular weight excluding hydrogens is 330 g/mol. The quantitative estimate of drug-likeness (QED) is 0.810. The van der Waals surface area contributed by atoms with Crippen LogP contribution in [-0.4, -0.2) is 44.7 Å². The van der Waals surface area contributed by atoms with E-state index in [9.17, 15) is 16.8 Å². The Balaban J connectivity index is 1.93. The van der Waals surface area contributed by atoms with Gasteiger partial charge in [-0.05, 0) is 37.8 Å². The van der Waals surface area contributed by atoms with Crippen LogP contribution in [-0.2, 0) is 26.3 Å². The first kappa shape index (κ1) is 15.5. The van der Waals surface area contributed by atoms with Gasteiger partial charge in [0.25, 0.3) is 10.0 Å². The maximum atomic E-state index is 12.9. The lowest BCUT2D eigenvalue weighted by molar-refractivity contribution is 0.333. The van der Waals surface area contributed by atoms with E-state index in [1.807, 2.05) is 13.0 Å². The van der Waals surface area contributed by atoms with Crippen LogP contribution in [0, 0.1) is 0 Å². The molecule has 3 rings (SSSR count). The number of sulfone groups is 1. The third kappa shape index (κ3) is 3.04. The zero-order valence-corrected chi connectivity index (χ0v) is 14.3.